The number of aromatic amines is 1. The summed E-state index contributed by atoms with van der Waals surface area (Å²) in [5, 5.41) is 0. The molecule has 1 atom stereocenters. The molecule has 4 heterocycles. The summed E-state index contributed by atoms with van der Waals surface area (Å²) in [6.07, 6.45) is 2.10. The molecule has 0 saturated carbocycles. The zero-order valence-electron chi connectivity index (χ0n) is 10.7. The Hall–Kier alpha value is -0.700. The second-order valence-corrected chi connectivity index (χ2v) is 8.19. The lowest BCUT2D eigenvalue weighted by Crippen LogP contribution is -2.57. The van der Waals surface area contributed by atoms with Crippen LogP contribution in [0.15, 0.2) is 9.00 Å². The Balaban J connectivity index is 1.82. The van der Waals surface area contributed by atoms with Crippen LogP contribution < -0.4 is 9.60 Å². The molecular formula is C11H17N3O3S2. The fraction of sp³-hybridized carbons (Fsp3) is 0.727. The number of nitrogens with one attached hydrogen (secondary N) is 2. The van der Waals surface area contributed by atoms with Gasteiger partial charge in [-0.2, -0.15) is 0 Å². The minimum absolute atomic E-state index is 0.0240. The molecule has 3 aliphatic heterocycles. The number of piperidine rings is 3. The smallest absolute Gasteiger partial charge is 0.305 e. The number of nitrogens with zero attached hydrogens (tertiary/aromatic N) is 1. The lowest BCUT2D eigenvalue weighted by atomic mass is 9.85. The van der Waals surface area contributed by atoms with Gasteiger partial charge in [0, 0.05) is 18.3 Å². The summed E-state index contributed by atoms with van der Waals surface area (Å²) >= 11 is 0.755. The molecule has 1 unspecified atom stereocenters. The molecule has 3 saturated heterocycles. The second-order valence-electron chi connectivity index (χ2n) is 5.29. The number of hydrogen-bond donors (Lipinski definition) is 2. The summed E-state index contributed by atoms with van der Waals surface area (Å²) in [5.74, 6) is 0.427. The van der Waals surface area contributed by atoms with Crippen LogP contribution in [-0.2, 0) is 10.0 Å². The maximum atomic E-state index is 12.3. The van der Waals surface area contributed by atoms with E-state index in [0.29, 0.717) is 11.6 Å². The molecule has 0 spiro atoms. The van der Waals surface area contributed by atoms with Gasteiger partial charge in [0.25, 0.3) is 10.0 Å². The van der Waals surface area contributed by atoms with E-state index in [-0.39, 0.29) is 15.1 Å². The van der Waals surface area contributed by atoms with Gasteiger partial charge < -0.3 is 9.88 Å². The van der Waals surface area contributed by atoms with Gasteiger partial charge in [-0.15, -0.1) is 0 Å². The van der Waals surface area contributed by atoms with Crippen molar-refractivity contribution in [2.75, 3.05) is 19.6 Å². The van der Waals surface area contributed by atoms with Crippen LogP contribution in [0.2, 0.25) is 0 Å². The van der Waals surface area contributed by atoms with E-state index in [4.69, 9.17) is 0 Å². The van der Waals surface area contributed by atoms with Gasteiger partial charge in [0.15, 0.2) is 4.21 Å². The average Bonchev–Trinajstić information content (AvgIpc) is 2.70. The maximum absolute atomic E-state index is 12.3. The highest BCUT2D eigenvalue weighted by Gasteiger charge is 2.37. The summed E-state index contributed by atoms with van der Waals surface area (Å²) in [7, 11) is -3.58. The molecular weight excluding hydrogens is 286 g/mol. The molecule has 0 amide bonds. The van der Waals surface area contributed by atoms with Crippen LogP contribution in [0.4, 0.5) is 0 Å². The molecule has 2 N–H and O–H groups in total. The van der Waals surface area contributed by atoms with E-state index in [1.165, 1.54) is 0 Å². The van der Waals surface area contributed by atoms with Gasteiger partial charge in [-0.05, 0) is 38.8 Å². The van der Waals surface area contributed by atoms with Crippen molar-refractivity contribution in [3.8, 4) is 0 Å². The summed E-state index contributed by atoms with van der Waals surface area (Å²) in [6.45, 7) is 4.53. The molecule has 0 aromatic carbocycles. The van der Waals surface area contributed by atoms with Crippen LogP contribution >= 0.6 is 11.3 Å². The molecule has 0 aliphatic carbocycles. The summed E-state index contributed by atoms with van der Waals surface area (Å²) in [6, 6.07) is -0.0240. The molecule has 1 aromatic heterocycles. The first-order valence-electron chi connectivity index (χ1n) is 6.40. The number of thiazole rings is 1. The van der Waals surface area contributed by atoms with Crippen molar-refractivity contribution in [2.45, 2.75) is 30.0 Å². The first-order chi connectivity index (χ1) is 8.95. The van der Waals surface area contributed by atoms with Gasteiger partial charge in [0.05, 0.1) is 0 Å². The van der Waals surface area contributed by atoms with Crippen molar-refractivity contribution >= 4 is 21.4 Å². The van der Waals surface area contributed by atoms with Gasteiger partial charge >= 0.3 is 4.87 Å². The average molecular weight is 303 g/mol. The van der Waals surface area contributed by atoms with Gasteiger partial charge in [0.1, 0.15) is 0 Å². The first kappa shape index (κ1) is 13.3. The Morgan fingerprint density at radius 3 is 2.53 bits per heavy atom. The van der Waals surface area contributed by atoms with Crippen molar-refractivity contribution in [3.05, 3.63) is 15.4 Å². The SMILES string of the molecule is Cc1[nH]c(=O)sc1S(=O)(=O)NC1CN2CCC1CC2. The molecule has 3 aliphatic rings. The van der Waals surface area contributed by atoms with Crippen molar-refractivity contribution in [1.29, 1.82) is 0 Å². The van der Waals surface area contributed by atoms with E-state index >= 15 is 0 Å². The van der Waals surface area contributed by atoms with Gasteiger partial charge in [-0.3, -0.25) is 4.79 Å². The van der Waals surface area contributed by atoms with Crippen LogP contribution in [-0.4, -0.2) is 44.0 Å². The van der Waals surface area contributed by atoms with E-state index in [1.54, 1.807) is 6.92 Å². The van der Waals surface area contributed by atoms with Crippen LogP contribution in [0.1, 0.15) is 18.5 Å². The van der Waals surface area contributed by atoms with Gasteiger partial charge in [-0.1, -0.05) is 11.3 Å². The second kappa shape index (κ2) is 4.69. The molecule has 0 radical (unpaired) electrons. The number of aryl methyl sites for hydroxylation is 1. The van der Waals surface area contributed by atoms with Crippen molar-refractivity contribution in [2.24, 2.45) is 5.92 Å². The number of sulfonamides is 1. The highest BCUT2D eigenvalue weighted by Crippen LogP contribution is 2.29. The number of aromatic nitrogens is 1. The maximum Gasteiger partial charge on any atom is 0.305 e. The standard InChI is InChI=1S/C11H17N3O3S2/c1-7-10(18-11(15)12-7)19(16,17)13-9-6-14-4-2-8(9)3-5-14/h8-9,13H,2-6H2,1H3,(H,12,15). The molecule has 2 bridgehead atoms. The Labute approximate surface area is 115 Å². The van der Waals surface area contributed by atoms with Crippen molar-refractivity contribution in [3.63, 3.8) is 0 Å². The first-order valence-corrected chi connectivity index (χ1v) is 8.70. The molecule has 3 fully saturated rings. The summed E-state index contributed by atoms with van der Waals surface area (Å²) in [4.78, 5) is 15.7. The zero-order valence-corrected chi connectivity index (χ0v) is 12.3. The molecule has 1 aromatic rings. The Morgan fingerprint density at radius 1 is 1.37 bits per heavy atom. The third-order valence-corrected chi connectivity index (χ3v) is 7.08. The van der Waals surface area contributed by atoms with Crippen LogP contribution in [0.25, 0.3) is 0 Å². The quantitative estimate of drug-likeness (QED) is 0.831. The van der Waals surface area contributed by atoms with E-state index in [2.05, 4.69) is 14.6 Å². The summed E-state index contributed by atoms with van der Waals surface area (Å²) < 4.78 is 27.6. The van der Waals surface area contributed by atoms with Gasteiger partial charge in [0.2, 0.25) is 0 Å². The van der Waals surface area contributed by atoms with Gasteiger partial charge in [-0.25, -0.2) is 13.1 Å². The third kappa shape index (κ3) is 2.49. The Kier molecular flexibility index (Phi) is 3.28. The largest absolute Gasteiger partial charge is 0.315 e. The highest BCUT2D eigenvalue weighted by molar-refractivity contribution is 7.91. The topological polar surface area (TPSA) is 82.3 Å². The fourth-order valence-corrected chi connectivity index (χ4v) is 5.61. The molecule has 106 valence electrons. The minimum atomic E-state index is -3.58. The lowest BCUT2D eigenvalue weighted by molar-refractivity contribution is 0.0827. The molecule has 8 heteroatoms. The monoisotopic (exact) mass is 303 g/mol. The van der Waals surface area contributed by atoms with E-state index < -0.39 is 10.0 Å². The van der Waals surface area contributed by atoms with E-state index in [0.717, 1.165) is 43.8 Å². The predicted octanol–water partition coefficient (Wildman–Crippen LogP) is 0.117. The normalized spacial score (nSPS) is 30.7. The fourth-order valence-electron chi connectivity index (χ4n) is 3.00. The Bertz CT molecular complexity index is 626. The van der Waals surface area contributed by atoms with Crippen LogP contribution in [0.3, 0.4) is 0 Å². The van der Waals surface area contributed by atoms with Crippen molar-refractivity contribution < 1.29 is 8.42 Å². The Morgan fingerprint density at radius 2 is 2.05 bits per heavy atom. The number of rotatable bonds is 3. The molecule has 4 rings (SSSR count). The number of hydrogen-bond acceptors (Lipinski definition) is 5. The van der Waals surface area contributed by atoms with E-state index in [9.17, 15) is 13.2 Å². The highest BCUT2D eigenvalue weighted by atomic mass is 32.2. The zero-order chi connectivity index (χ0) is 13.6. The lowest BCUT2D eigenvalue weighted by Gasteiger charge is -2.44. The minimum Gasteiger partial charge on any atom is -0.315 e. The molecule has 19 heavy (non-hydrogen) atoms. The van der Waals surface area contributed by atoms with E-state index in [1.807, 2.05) is 0 Å². The van der Waals surface area contributed by atoms with Crippen molar-refractivity contribution in [1.82, 2.24) is 14.6 Å². The number of H-pyrrole nitrogens is 1. The number of fused-ring (bicyclic) bond motifs is 3. The van der Waals surface area contributed by atoms with Crippen LogP contribution in [0.5, 0.6) is 0 Å². The van der Waals surface area contributed by atoms with Crippen LogP contribution in [0, 0.1) is 12.8 Å². The third-order valence-electron chi connectivity index (χ3n) is 3.99. The predicted molar refractivity (Wildman–Crippen MR) is 73.0 cm³/mol. The molecule has 6 nitrogen and oxygen atoms in total. The summed E-state index contributed by atoms with van der Waals surface area (Å²) in [5.41, 5.74) is 0.420.